The number of nitrogens with one attached hydrogen (secondary N) is 1. The van der Waals surface area contributed by atoms with Crippen molar-refractivity contribution in [1.82, 2.24) is 14.5 Å². The van der Waals surface area contributed by atoms with E-state index >= 15 is 0 Å². The highest BCUT2D eigenvalue weighted by molar-refractivity contribution is 7.07. The smallest absolute Gasteiger partial charge is 0.281 e. The summed E-state index contributed by atoms with van der Waals surface area (Å²) >= 11 is 1.44. The van der Waals surface area contributed by atoms with Crippen LogP contribution in [0.2, 0.25) is 0 Å². The second-order valence-electron chi connectivity index (χ2n) is 5.16. The van der Waals surface area contributed by atoms with Gasteiger partial charge in [0.2, 0.25) is 0 Å². The maximum Gasteiger partial charge on any atom is 0.281 e. The second-order valence-corrected chi connectivity index (χ2v) is 6.04. The van der Waals surface area contributed by atoms with Crippen molar-refractivity contribution in [1.29, 1.82) is 0 Å². The van der Waals surface area contributed by atoms with Crippen molar-refractivity contribution in [3.8, 4) is 0 Å². The van der Waals surface area contributed by atoms with Gasteiger partial charge in [0.1, 0.15) is 5.65 Å². The van der Waals surface area contributed by atoms with Gasteiger partial charge in [-0.25, -0.2) is 4.98 Å². The number of pyridine rings is 1. The molecule has 7 heteroatoms. The molecule has 3 N–H and O–H groups in total. The van der Waals surface area contributed by atoms with Crippen LogP contribution in [-0.4, -0.2) is 26.5 Å². The molecule has 6 nitrogen and oxygen atoms in total. The number of nitrogens with two attached hydrogens (primary N) is 1. The summed E-state index contributed by atoms with van der Waals surface area (Å²) in [6.45, 7) is 2.72. The molecule has 0 spiro atoms. The molecule has 0 aliphatic rings. The van der Waals surface area contributed by atoms with E-state index in [2.05, 4.69) is 15.0 Å². The Bertz CT molecular complexity index is 858. The molecule has 0 radical (unpaired) electrons. The Morgan fingerprint density at radius 2 is 2.45 bits per heavy atom. The topological polar surface area (TPSA) is 89.1 Å². The van der Waals surface area contributed by atoms with Gasteiger partial charge in [-0.05, 0) is 25.5 Å². The van der Waals surface area contributed by atoms with Gasteiger partial charge in [-0.3, -0.25) is 4.79 Å². The lowest BCUT2D eigenvalue weighted by atomic mass is 10.2. The molecule has 1 unspecified atom stereocenters. The second kappa shape index (κ2) is 6.25. The average Bonchev–Trinajstić information content (AvgIpc) is 3.11. The van der Waals surface area contributed by atoms with Gasteiger partial charge in [0.25, 0.3) is 5.91 Å². The standard InChI is InChI=1S/C15H17N5OS/c1-10(16)4-6-20-7-8-22-15(20)19-14(21)12-9-18-13-11(12)3-2-5-17-13/h2-3,5,7-10H,4,6,16H2,1H3,(H,17,18)/b19-15-. The van der Waals surface area contributed by atoms with Gasteiger partial charge in [0.05, 0.1) is 5.56 Å². The third kappa shape index (κ3) is 3.00. The number of fused-ring (bicyclic) bond motifs is 1. The van der Waals surface area contributed by atoms with Crippen LogP contribution in [0.15, 0.2) is 41.1 Å². The van der Waals surface area contributed by atoms with Gasteiger partial charge in [-0.1, -0.05) is 0 Å². The van der Waals surface area contributed by atoms with Gasteiger partial charge >= 0.3 is 0 Å². The Kier molecular flexibility index (Phi) is 4.17. The number of carbonyl (C=O) groups is 1. The highest BCUT2D eigenvalue weighted by atomic mass is 32.1. The summed E-state index contributed by atoms with van der Waals surface area (Å²) in [6.07, 6.45) is 6.11. The third-order valence-corrected chi connectivity index (χ3v) is 4.16. The molecule has 0 fully saturated rings. The number of carbonyl (C=O) groups excluding carboxylic acids is 1. The van der Waals surface area contributed by atoms with Crippen molar-refractivity contribution in [3.63, 3.8) is 0 Å². The summed E-state index contributed by atoms with van der Waals surface area (Å²) in [6, 6.07) is 3.79. The number of aryl methyl sites for hydroxylation is 1. The van der Waals surface area contributed by atoms with Gasteiger partial charge in [-0.15, -0.1) is 11.3 Å². The normalized spacial score (nSPS) is 13.6. The highest BCUT2D eigenvalue weighted by Crippen LogP contribution is 2.16. The van der Waals surface area contributed by atoms with E-state index in [0.29, 0.717) is 16.0 Å². The number of hydrogen-bond acceptors (Lipinski definition) is 4. The fraction of sp³-hybridized carbons (Fsp3) is 0.267. The predicted molar refractivity (Wildman–Crippen MR) is 86.6 cm³/mol. The summed E-state index contributed by atoms with van der Waals surface area (Å²) in [5.74, 6) is -0.267. The minimum absolute atomic E-state index is 0.121. The maximum absolute atomic E-state index is 12.4. The number of aromatic nitrogens is 3. The van der Waals surface area contributed by atoms with Crippen molar-refractivity contribution in [2.24, 2.45) is 10.7 Å². The molecule has 0 saturated carbocycles. The summed E-state index contributed by atoms with van der Waals surface area (Å²) in [5.41, 5.74) is 7.01. The Hall–Kier alpha value is -2.25. The maximum atomic E-state index is 12.4. The molecule has 3 aromatic rings. The average molecular weight is 315 g/mol. The number of H-pyrrole nitrogens is 1. The molecule has 0 saturated heterocycles. The molecule has 22 heavy (non-hydrogen) atoms. The molecular formula is C15H17N5OS. The molecule has 1 amide bonds. The van der Waals surface area contributed by atoms with Crippen molar-refractivity contribution in [2.75, 3.05) is 0 Å². The van der Waals surface area contributed by atoms with Gasteiger partial charge in [0, 0.05) is 41.9 Å². The first kappa shape index (κ1) is 14.7. The number of aromatic amines is 1. The van der Waals surface area contributed by atoms with E-state index in [4.69, 9.17) is 5.73 Å². The summed E-state index contributed by atoms with van der Waals surface area (Å²) in [4.78, 5) is 24.5. The van der Waals surface area contributed by atoms with Crippen LogP contribution in [0, 0.1) is 0 Å². The number of thiazole rings is 1. The summed E-state index contributed by atoms with van der Waals surface area (Å²) in [5, 5.41) is 2.71. The van der Waals surface area contributed by atoms with Crippen LogP contribution in [0.3, 0.4) is 0 Å². The monoisotopic (exact) mass is 315 g/mol. The third-order valence-electron chi connectivity index (χ3n) is 3.36. The first-order valence-electron chi connectivity index (χ1n) is 7.06. The summed E-state index contributed by atoms with van der Waals surface area (Å²) in [7, 11) is 0. The lowest BCUT2D eigenvalue weighted by molar-refractivity contribution is 0.0999. The Labute approximate surface area is 131 Å². The van der Waals surface area contributed by atoms with Crippen LogP contribution in [0.4, 0.5) is 0 Å². The number of hydrogen-bond donors (Lipinski definition) is 2. The summed E-state index contributed by atoms with van der Waals surface area (Å²) < 4.78 is 1.96. The largest absolute Gasteiger partial charge is 0.345 e. The molecule has 0 aliphatic carbocycles. The Morgan fingerprint density at radius 1 is 1.59 bits per heavy atom. The highest BCUT2D eigenvalue weighted by Gasteiger charge is 2.12. The molecular weight excluding hydrogens is 298 g/mol. The van der Waals surface area contributed by atoms with Crippen LogP contribution >= 0.6 is 11.3 Å². The fourth-order valence-electron chi connectivity index (χ4n) is 2.18. The van der Waals surface area contributed by atoms with Crippen molar-refractivity contribution < 1.29 is 4.79 Å². The molecule has 114 valence electrons. The lowest BCUT2D eigenvalue weighted by Crippen LogP contribution is -2.22. The van der Waals surface area contributed by atoms with Crippen LogP contribution in [-0.2, 0) is 6.54 Å². The van der Waals surface area contributed by atoms with Crippen LogP contribution in [0.1, 0.15) is 23.7 Å². The van der Waals surface area contributed by atoms with Gasteiger partial charge < -0.3 is 15.3 Å². The number of rotatable bonds is 4. The van der Waals surface area contributed by atoms with Gasteiger partial charge in [-0.2, -0.15) is 4.99 Å². The van der Waals surface area contributed by atoms with E-state index in [1.807, 2.05) is 29.1 Å². The van der Waals surface area contributed by atoms with E-state index in [1.54, 1.807) is 18.5 Å². The van der Waals surface area contributed by atoms with Crippen molar-refractivity contribution >= 4 is 28.3 Å². The first-order valence-corrected chi connectivity index (χ1v) is 7.94. The lowest BCUT2D eigenvalue weighted by Gasteiger charge is -2.05. The minimum Gasteiger partial charge on any atom is -0.345 e. The zero-order valence-corrected chi connectivity index (χ0v) is 13.0. The van der Waals surface area contributed by atoms with Crippen LogP contribution in [0.5, 0.6) is 0 Å². The SMILES string of the molecule is CC(N)CCn1ccs/c1=N\C(=O)c1c[nH]c2ncccc12. The Balaban J connectivity index is 1.92. The first-order chi connectivity index (χ1) is 10.6. The van der Waals surface area contributed by atoms with E-state index in [-0.39, 0.29) is 11.9 Å². The molecule has 3 rings (SSSR count). The van der Waals surface area contributed by atoms with Crippen molar-refractivity contribution in [3.05, 3.63) is 46.5 Å². The van der Waals surface area contributed by atoms with E-state index in [0.717, 1.165) is 18.4 Å². The molecule has 1 atom stereocenters. The quantitative estimate of drug-likeness (QED) is 0.770. The molecule has 0 aromatic carbocycles. The Morgan fingerprint density at radius 3 is 3.27 bits per heavy atom. The zero-order chi connectivity index (χ0) is 15.5. The molecule has 0 aliphatic heterocycles. The molecule has 0 bridgehead atoms. The number of amides is 1. The fourth-order valence-corrected chi connectivity index (χ4v) is 2.93. The van der Waals surface area contributed by atoms with Crippen molar-refractivity contribution in [2.45, 2.75) is 25.9 Å². The molecule has 3 aromatic heterocycles. The predicted octanol–water partition coefficient (Wildman–Crippen LogP) is 1.90. The molecule has 3 heterocycles. The van der Waals surface area contributed by atoms with Gasteiger partial charge in [0.15, 0.2) is 4.80 Å². The van der Waals surface area contributed by atoms with Crippen LogP contribution < -0.4 is 10.5 Å². The van der Waals surface area contributed by atoms with E-state index < -0.39 is 0 Å². The zero-order valence-electron chi connectivity index (χ0n) is 12.2. The minimum atomic E-state index is -0.267. The number of nitrogens with zero attached hydrogens (tertiary/aromatic N) is 3. The van der Waals surface area contributed by atoms with Crippen LogP contribution in [0.25, 0.3) is 11.0 Å². The van der Waals surface area contributed by atoms with E-state index in [9.17, 15) is 4.79 Å². The van der Waals surface area contributed by atoms with E-state index in [1.165, 1.54) is 11.3 Å².